The van der Waals surface area contributed by atoms with E-state index in [4.69, 9.17) is 19.5 Å². The van der Waals surface area contributed by atoms with E-state index >= 15 is 0 Å². The van der Waals surface area contributed by atoms with E-state index < -0.39 is 84.6 Å². The minimum Gasteiger partial charge on any atom is -0.386 e. The number of benzene rings is 1. The molecule has 31 heteroatoms. The lowest BCUT2D eigenvalue weighted by Gasteiger charge is -2.30. The number of nitrogens with two attached hydrogens (primary N) is 1. The van der Waals surface area contributed by atoms with Gasteiger partial charge in [-0.25, -0.2) is 28.6 Å². The molecule has 4 amide bonds. The molecule has 1 aliphatic heterocycles. The molecule has 2 aromatic heterocycles. The molecule has 1 fully saturated rings. The van der Waals surface area contributed by atoms with E-state index in [0.717, 1.165) is 36.5 Å². The number of nitrogen functional groups attached to an aromatic ring is 1. The Morgan fingerprint density at radius 3 is 2.26 bits per heavy atom. The molecule has 27 nitrogen and oxygen atoms in total. The van der Waals surface area contributed by atoms with Crippen molar-refractivity contribution < 1.29 is 85.3 Å². The molecule has 1 aromatic carbocycles. The van der Waals surface area contributed by atoms with Crippen LogP contribution in [0.4, 0.5) is 5.82 Å². The number of carbonyl (C=O) groups is 4. The Hall–Kier alpha value is -3.95. The lowest BCUT2D eigenvalue weighted by molar-refractivity contribution is -0.137. The van der Waals surface area contributed by atoms with Crippen LogP contribution in [0.1, 0.15) is 56.1 Å². The van der Waals surface area contributed by atoms with Gasteiger partial charge in [-0.3, -0.25) is 37.3 Å². The van der Waals surface area contributed by atoms with E-state index in [1.165, 1.54) is 25.6 Å². The largest absolute Gasteiger partial charge is 0.481 e. The quantitative estimate of drug-likeness (QED) is 0.0333. The second kappa shape index (κ2) is 24.9. The number of fused-ring (bicyclic) bond motifs is 1. The van der Waals surface area contributed by atoms with Crippen LogP contribution in [-0.4, -0.2) is 148 Å². The number of carbonyl (C=O) groups excluding carboxylic acids is 4. The maximum atomic E-state index is 12.7. The molecule has 3 heterocycles. The predicted octanol–water partition coefficient (Wildman–Crippen LogP) is -0.145. The van der Waals surface area contributed by atoms with Crippen LogP contribution in [0, 0.1) is 5.41 Å². The topological polar surface area (TPSA) is 405 Å². The summed E-state index contributed by atoms with van der Waals surface area (Å²) >= 11 is 1.31. The second-order valence-electron chi connectivity index (χ2n) is 15.2. The number of hydrogen-bond acceptors (Lipinski definition) is 19. The Kier molecular flexibility index (Phi) is 20.6. The summed E-state index contributed by atoms with van der Waals surface area (Å²) in [4.78, 5) is 100. The van der Waals surface area contributed by atoms with Gasteiger partial charge in [-0.2, -0.15) is 16.1 Å². The number of nitrogens with zero attached hydrogens (tertiary/aromatic N) is 4. The molecule has 368 valence electrons. The number of thioether (sulfide) groups is 1. The fourth-order valence-corrected chi connectivity index (χ4v) is 9.47. The fourth-order valence-electron chi connectivity index (χ4n) is 5.97. The number of aliphatic hydroxyl groups is 2. The van der Waals surface area contributed by atoms with Crippen LogP contribution in [0.2, 0.25) is 0 Å². The van der Waals surface area contributed by atoms with Crippen molar-refractivity contribution >= 4 is 75.8 Å². The van der Waals surface area contributed by atoms with Gasteiger partial charge in [0.25, 0.3) is 5.91 Å². The Morgan fingerprint density at radius 1 is 0.894 bits per heavy atom. The fraction of sp³-hybridized carbons (Fsp3) is 0.571. The number of anilines is 1. The average molecular weight is 1010 g/mol. The zero-order valence-electron chi connectivity index (χ0n) is 35.6. The Labute approximate surface area is 381 Å². The number of hydrogen-bond donors (Lipinski definition) is 11. The molecule has 4 rings (SSSR count). The van der Waals surface area contributed by atoms with Crippen molar-refractivity contribution in [1.29, 1.82) is 0 Å². The number of unbranched alkanes of at least 4 members (excludes halogenated alkanes) is 2. The SMILES string of the molecule is CC(C)(COP(=O)(O)OP(=O)(O)OC[C@H]1O[C@@H](n2cnc3c(N)ncnc32)[C@H](O)[C@@H]1OP(=O)(O)O)[C@@H](O)C(=O)NCCC(=O)NCCSCC(=O)NCCCCCNC(=O)c1ccccc1. The van der Waals surface area contributed by atoms with E-state index in [-0.39, 0.29) is 54.1 Å². The van der Waals surface area contributed by atoms with Crippen LogP contribution in [0.15, 0.2) is 43.0 Å². The molecule has 0 radical (unpaired) electrons. The Morgan fingerprint density at radius 2 is 1.56 bits per heavy atom. The van der Waals surface area contributed by atoms with Gasteiger partial charge in [0.2, 0.25) is 17.7 Å². The smallest absolute Gasteiger partial charge is 0.386 e. The highest BCUT2D eigenvalue weighted by molar-refractivity contribution is 7.99. The standard InChI is InChI=1S/C35H54N9O18P3S/c1-35(2,29(48)33(50)40-14-11-24(45)38-15-16-66-18-25(46)37-12-7-4-8-13-39-32(49)22-9-5-3-6-10-22)19-59-65(56,57)62-64(54,55)58-17-23-28(61-63(51,52)53)27(47)34(60-23)44-21-43-26-30(36)41-20-42-31(26)44/h3,5-6,9-10,20-21,23,27-29,34,47-48H,4,7-8,11-19H2,1-2H3,(H,37,46)(H,38,45)(H,39,49)(H,40,50)(H,54,55)(H,56,57)(H2,36,41,42)(H2,51,52,53)/t23-,27-,28-,29+,34-/m1/s1. The van der Waals surface area contributed by atoms with Crippen molar-refractivity contribution in [2.45, 2.75) is 70.2 Å². The zero-order valence-corrected chi connectivity index (χ0v) is 39.1. The molecule has 1 aliphatic rings. The number of imidazole rings is 1. The number of aromatic nitrogens is 4. The molecule has 0 bridgehead atoms. The number of nitrogens with one attached hydrogen (secondary N) is 4. The van der Waals surface area contributed by atoms with Crippen LogP contribution in [0.5, 0.6) is 0 Å². The first-order valence-electron chi connectivity index (χ1n) is 20.1. The van der Waals surface area contributed by atoms with Crippen LogP contribution >= 0.6 is 35.2 Å². The molecular weight excluding hydrogens is 959 g/mol. The molecule has 7 atom stereocenters. The number of ether oxygens (including phenoxy) is 1. The van der Waals surface area contributed by atoms with E-state index in [1.807, 2.05) is 6.07 Å². The molecule has 12 N–H and O–H groups in total. The number of aliphatic hydroxyl groups excluding tert-OH is 2. The lowest BCUT2D eigenvalue weighted by Crippen LogP contribution is -2.46. The summed E-state index contributed by atoms with van der Waals surface area (Å²) in [6.45, 7) is 1.52. The van der Waals surface area contributed by atoms with Crippen LogP contribution < -0.4 is 27.0 Å². The highest BCUT2D eigenvalue weighted by Gasteiger charge is 2.50. The summed E-state index contributed by atoms with van der Waals surface area (Å²) in [5.41, 5.74) is 4.84. The van der Waals surface area contributed by atoms with Gasteiger partial charge in [-0.05, 0) is 31.4 Å². The molecule has 3 aromatic rings. The van der Waals surface area contributed by atoms with E-state index in [1.54, 1.807) is 24.3 Å². The summed E-state index contributed by atoms with van der Waals surface area (Å²) in [5, 5.41) is 32.2. The van der Waals surface area contributed by atoms with Gasteiger partial charge in [-0.1, -0.05) is 32.0 Å². The zero-order chi connectivity index (χ0) is 48.7. The third kappa shape index (κ3) is 17.6. The molecule has 66 heavy (non-hydrogen) atoms. The second-order valence-corrected chi connectivity index (χ2v) is 20.5. The Bertz CT molecular complexity index is 2260. The van der Waals surface area contributed by atoms with Gasteiger partial charge in [0.05, 0.1) is 25.3 Å². The number of rotatable bonds is 28. The highest BCUT2D eigenvalue weighted by atomic mass is 32.2. The summed E-state index contributed by atoms with van der Waals surface area (Å²) in [7, 11) is -16.4. The van der Waals surface area contributed by atoms with E-state index in [2.05, 4.69) is 45.1 Å². The highest BCUT2D eigenvalue weighted by Crippen LogP contribution is 2.61. The lowest BCUT2D eigenvalue weighted by atomic mass is 9.87. The van der Waals surface area contributed by atoms with Gasteiger partial charge in [0.15, 0.2) is 17.7 Å². The monoisotopic (exact) mass is 1010 g/mol. The first kappa shape index (κ1) is 54.7. The van der Waals surface area contributed by atoms with Crippen molar-refractivity contribution in [3.05, 3.63) is 48.5 Å². The maximum absolute atomic E-state index is 12.7. The molecule has 0 saturated carbocycles. The maximum Gasteiger partial charge on any atom is 0.481 e. The molecular formula is C35H54N9O18P3S. The molecule has 0 spiro atoms. The van der Waals surface area contributed by atoms with E-state index in [0.29, 0.717) is 24.4 Å². The summed E-state index contributed by atoms with van der Waals surface area (Å²) in [6.07, 6.45) is -4.63. The minimum atomic E-state index is -5.59. The van der Waals surface area contributed by atoms with Gasteiger partial charge in [0, 0.05) is 49.3 Å². The minimum absolute atomic E-state index is 0.0255. The Balaban J connectivity index is 1.10. The van der Waals surface area contributed by atoms with Crippen molar-refractivity contribution in [3.8, 4) is 0 Å². The third-order valence-corrected chi connectivity index (χ3v) is 13.4. The number of phosphoric acid groups is 3. The normalized spacial score (nSPS) is 19.9. The first-order chi connectivity index (χ1) is 31.0. The van der Waals surface area contributed by atoms with Gasteiger partial charge in [-0.15, -0.1) is 0 Å². The summed E-state index contributed by atoms with van der Waals surface area (Å²) < 4.78 is 62.3. The third-order valence-electron chi connectivity index (χ3n) is 9.38. The van der Waals surface area contributed by atoms with Gasteiger partial charge in [0.1, 0.15) is 36.3 Å². The first-order valence-corrected chi connectivity index (χ1v) is 25.7. The predicted molar refractivity (Wildman–Crippen MR) is 233 cm³/mol. The van der Waals surface area contributed by atoms with Crippen LogP contribution in [0.25, 0.3) is 11.2 Å². The van der Waals surface area contributed by atoms with Crippen molar-refractivity contribution in [2.24, 2.45) is 5.41 Å². The van der Waals surface area contributed by atoms with Crippen molar-refractivity contribution in [2.75, 3.05) is 56.6 Å². The van der Waals surface area contributed by atoms with Crippen LogP contribution in [-0.2, 0) is 50.7 Å². The van der Waals surface area contributed by atoms with Gasteiger partial charge < -0.3 is 61.5 Å². The molecule has 1 saturated heterocycles. The number of phosphoric ester groups is 3. The van der Waals surface area contributed by atoms with Gasteiger partial charge >= 0.3 is 23.5 Å². The van der Waals surface area contributed by atoms with E-state index in [9.17, 15) is 62.7 Å². The van der Waals surface area contributed by atoms with Crippen molar-refractivity contribution in [3.63, 3.8) is 0 Å². The average Bonchev–Trinajstić information content (AvgIpc) is 3.81. The molecule has 0 aliphatic carbocycles. The summed E-state index contributed by atoms with van der Waals surface area (Å²) in [6, 6.07) is 8.90. The number of amides is 4. The summed E-state index contributed by atoms with van der Waals surface area (Å²) in [5.74, 6) is -1.14. The molecule has 2 unspecified atom stereocenters. The van der Waals surface area contributed by atoms with Crippen LogP contribution in [0.3, 0.4) is 0 Å². The van der Waals surface area contributed by atoms with Crippen molar-refractivity contribution in [1.82, 2.24) is 40.8 Å².